The molecule has 0 aromatic heterocycles. The van der Waals surface area contributed by atoms with Gasteiger partial charge in [-0.05, 0) is 41.6 Å². The van der Waals surface area contributed by atoms with Crippen molar-refractivity contribution in [1.82, 2.24) is 4.90 Å². The predicted octanol–water partition coefficient (Wildman–Crippen LogP) is 5.89. The van der Waals surface area contributed by atoms with E-state index in [4.69, 9.17) is 39.5 Å². The number of likely N-dealkylation sites (N-methyl/N-ethyl adjacent to an activating group) is 1. The standard InChI is InChI=1S/C18H12Cl3NO3S/c1-22-17(23)15(26-18(22)24)8-10-6-13(20)16(14(21)7-10)25-9-11-4-2-3-5-12(11)19/h2-8H,9H2,1H3/b15-8-. The second-order valence-corrected chi connectivity index (χ2v) is 7.65. The first-order chi connectivity index (χ1) is 12.4. The molecule has 0 N–H and O–H groups in total. The van der Waals surface area contributed by atoms with Gasteiger partial charge in [0.1, 0.15) is 6.61 Å². The Kier molecular flexibility index (Phi) is 5.82. The van der Waals surface area contributed by atoms with Gasteiger partial charge < -0.3 is 4.74 Å². The normalized spacial score (nSPS) is 15.8. The fraction of sp³-hybridized carbons (Fsp3) is 0.111. The van der Waals surface area contributed by atoms with Crippen molar-refractivity contribution >= 4 is 63.8 Å². The summed E-state index contributed by atoms with van der Waals surface area (Å²) in [5.74, 6) is -0.0275. The Labute approximate surface area is 169 Å². The second kappa shape index (κ2) is 7.92. The fourth-order valence-corrected chi connectivity index (χ4v) is 3.89. The zero-order chi connectivity index (χ0) is 18.8. The number of halogens is 3. The highest BCUT2D eigenvalue weighted by molar-refractivity contribution is 8.18. The lowest BCUT2D eigenvalue weighted by Gasteiger charge is -2.12. The first-order valence-corrected chi connectivity index (χ1v) is 9.38. The van der Waals surface area contributed by atoms with Crippen LogP contribution in [0.5, 0.6) is 5.75 Å². The minimum atomic E-state index is -0.355. The Morgan fingerprint density at radius 3 is 2.31 bits per heavy atom. The van der Waals surface area contributed by atoms with Crippen LogP contribution in [0.1, 0.15) is 11.1 Å². The molecule has 0 bridgehead atoms. The van der Waals surface area contributed by atoms with Crippen LogP contribution < -0.4 is 4.74 Å². The smallest absolute Gasteiger partial charge is 0.293 e. The maximum Gasteiger partial charge on any atom is 0.293 e. The summed E-state index contributed by atoms with van der Waals surface area (Å²) in [7, 11) is 1.43. The minimum absolute atomic E-state index is 0.215. The molecule has 3 rings (SSSR count). The van der Waals surface area contributed by atoms with Crippen molar-refractivity contribution in [3.8, 4) is 5.75 Å². The van der Waals surface area contributed by atoms with E-state index >= 15 is 0 Å². The molecule has 0 radical (unpaired) electrons. The SMILES string of the molecule is CN1C(=O)S/C(=C\c2cc(Cl)c(OCc3ccccc3Cl)c(Cl)c2)C1=O. The summed E-state index contributed by atoms with van der Waals surface area (Å²) in [5, 5.41) is 0.864. The van der Waals surface area contributed by atoms with E-state index < -0.39 is 0 Å². The third-order valence-electron chi connectivity index (χ3n) is 3.63. The monoisotopic (exact) mass is 427 g/mol. The number of hydrogen-bond donors (Lipinski definition) is 0. The number of imide groups is 1. The van der Waals surface area contributed by atoms with E-state index in [-0.39, 0.29) is 17.8 Å². The number of nitrogens with zero attached hydrogens (tertiary/aromatic N) is 1. The molecule has 1 aliphatic heterocycles. The maximum atomic E-state index is 12.0. The summed E-state index contributed by atoms with van der Waals surface area (Å²) in [6.45, 7) is 0.215. The van der Waals surface area contributed by atoms with E-state index in [0.29, 0.717) is 31.3 Å². The minimum Gasteiger partial charge on any atom is -0.486 e. The van der Waals surface area contributed by atoms with E-state index in [2.05, 4.69) is 0 Å². The first-order valence-electron chi connectivity index (χ1n) is 7.43. The lowest BCUT2D eigenvalue weighted by atomic mass is 10.2. The molecule has 4 nitrogen and oxygen atoms in total. The molecule has 2 aromatic rings. The number of benzene rings is 2. The number of ether oxygens (including phenoxy) is 1. The third-order valence-corrected chi connectivity index (χ3v) is 5.53. The van der Waals surface area contributed by atoms with Crippen molar-refractivity contribution in [2.45, 2.75) is 6.61 Å². The Bertz CT molecular complexity index is 907. The highest BCUT2D eigenvalue weighted by atomic mass is 35.5. The van der Waals surface area contributed by atoms with E-state index in [1.165, 1.54) is 7.05 Å². The van der Waals surface area contributed by atoms with E-state index in [0.717, 1.165) is 22.2 Å². The molecule has 0 aliphatic carbocycles. The van der Waals surface area contributed by atoms with E-state index in [1.54, 1.807) is 24.3 Å². The van der Waals surface area contributed by atoms with Crippen molar-refractivity contribution in [3.05, 3.63) is 67.5 Å². The van der Waals surface area contributed by atoms with Gasteiger partial charge in [-0.15, -0.1) is 0 Å². The molecule has 0 spiro atoms. The Morgan fingerprint density at radius 2 is 1.73 bits per heavy atom. The van der Waals surface area contributed by atoms with E-state index in [9.17, 15) is 9.59 Å². The zero-order valence-electron chi connectivity index (χ0n) is 13.5. The Morgan fingerprint density at radius 1 is 1.08 bits per heavy atom. The van der Waals surface area contributed by atoms with Gasteiger partial charge in [0.2, 0.25) is 0 Å². The lowest BCUT2D eigenvalue weighted by Crippen LogP contribution is -2.22. The molecule has 1 aliphatic rings. The van der Waals surface area contributed by atoms with Crippen LogP contribution in [-0.2, 0) is 11.4 Å². The summed E-state index contributed by atoms with van der Waals surface area (Å²) in [4.78, 5) is 24.9. The highest BCUT2D eigenvalue weighted by Gasteiger charge is 2.31. The van der Waals surface area contributed by atoms with Gasteiger partial charge >= 0.3 is 0 Å². The summed E-state index contributed by atoms with van der Waals surface area (Å²) in [6, 6.07) is 10.6. The van der Waals surface area contributed by atoms with Gasteiger partial charge in [-0.2, -0.15) is 0 Å². The van der Waals surface area contributed by atoms with Crippen LogP contribution >= 0.6 is 46.6 Å². The number of hydrogen-bond acceptors (Lipinski definition) is 4. The quantitative estimate of drug-likeness (QED) is 0.569. The molecule has 134 valence electrons. The molecular formula is C18H12Cl3NO3S. The van der Waals surface area contributed by atoms with Crippen LogP contribution in [0, 0.1) is 0 Å². The van der Waals surface area contributed by atoms with Crippen molar-refractivity contribution in [2.24, 2.45) is 0 Å². The summed E-state index contributed by atoms with van der Waals surface area (Å²) >= 11 is 19.5. The van der Waals surface area contributed by atoms with Crippen LogP contribution in [0.15, 0.2) is 41.3 Å². The van der Waals surface area contributed by atoms with Crippen molar-refractivity contribution in [3.63, 3.8) is 0 Å². The molecule has 0 atom stereocenters. The lowest BCUT2D eigenvalue weighted by molar-refractivity contribution is -0.121. The molecule has 8 heteroatoms. The van der Waals surface area contributed by atoms with Crippen molar-refractivity contribution < 1.29 is 14.3 Å². The molecule has 2 aromatic carbocycles. The fourth-order valence-electron chi connectivity index (χ4n) is 2.26. The zero-order valence-corrected chi connectivity index (χ0v) is 16.5. The van der Waals surface area contributed by atoms with Gasteiger partial charge in [-0.25, -0.2) is 0 Å². The van der Waals surface area contributed by atoms with Crippen LogP contribution in [0.2, 0.25) is 15.1 Å². The summed E-state index contributed by atoms with van der Waals surface area (Å²) < 4.78 is 5.71. The second-order valence-electron chi connectivity index (χ2n) is 5.43. The van der Waals surface area contributed by atoms with Gasteiger partial charge in [0.05, 0.1) is 15.0 Å². The molecule has 0 unspecified atom stereocenters. The van der Waals surface area contributed by atoms with Crippen LogP contribution in [0.3, 0.4) is 0 Å². The summed E-state index contributed by atoms with van der Waals surface area (Å²) in [6.07, 6.45) is 1.57. The van der Waals surface area contributed by atoms with E-state index in [1.807, 2.05) is 18.2 Å². The largest absolute Gasteiger partial charge is 0.486 e. The Balaban J connectivity index is 1.82. The summed E-state index contributed by atoms with van der Waals surface area (Å²) in [5.41, 5.74) is 1.41. The van der Waals surface area contributed by atoms with Gasteiger partial charge in [0.25, 0.3) is 11.1 Å². The molecule has 1 heterocycles. The maximum absolute atomic E-state index is 12.0. The Hall–Kier alpha value is -1.66. The topological polar surface area (TPSA) is 46.6 Å². The number of rotatable bonds is 4. The molecular weight excluding hydrogens is 417 g/mol. The van der Waals surface area contributed by atoms with Gasteiger partial charge in [0, 0.05) is 17.6 Å². The van der Waals surface area contributed by atoms with Crippen LogP contribution in [0.4, 0.5) is 4.79 Å². The van der Waals surface area contributed by atoms with Crippen molar-refractivity contribution in [1.29, 1.82) is 0 Å². The molecule has 26 heavy (non-hydrogen) atoms. The van der Waals surface area contributed by atoms with Crippen LogP contribution in [0.25, 0.3) is 6.08 Å². The number of amides is 2. The average molecular weight is 429 g/mol. The first kappa shape index (κ1) is 19.1. The van der Waals surface area contributed by atoms with Gasteiger partial charge in [-0.3, -0.25) is 14.5 Å². The van der Waals surface area contributed by atoms with Crippen LogP contribution in [-0.4, -0.2) is 23.1 Å². The van der Waals surface area contributed by atoms with Gasteiger partial charge in [-0.1, -0.05) is 53.0 Å². The number of thioether (sulfide) groups is 1. The molecule has 1 saturated heterocycles. The highest BCUT2D eigenvalue weighted by Crippen LogP contribution is 2.37. The predicted molar refractivity (Wildman–Crippen MR) is 106 cm³/mol. The van der Waals surface area contributed by atoms with Crippen molar-refractivity contribution in [2.75, 3.05) is 7.05 Å². The third kappa shape index (κ3) is 4.01. The average Bonchev–Trinajstić information content (AvgIpc) is 2.82. The molecule has 0 saturated carbocycles. The number of carbonyl (C=O) groups is 2. The van der Waals surface area contributed by atoms with Gasteiger partial charge in [0.15, 0.2) is 5.75 Å². The molecule has 2 amide bonds. The number of carbonyl (C=O) groups excluding carboxylic acids is 2. The molecule has 1 fully saturated rings.